The SMILES string of the molecule is Cc1nc(-c2ccccc2)nc2c1/C(=C/c1c(Cl)cccc1Cl)C(=O)N2/N=C/c1c(Cl)cccc1Cl. The van der Waals surface area contributed by atoms with Crippen molar-refractivity contribution in [1.82, 2.24) is 9.97 Å². The number of anilines is 1. The van der Waals surface area contributed by atoms with Crippen LogP contribution < -0.4 is 5.01 Å². The van der Waals surface area contributed by atoms with Crippen molar-refractivity contribution in [2.45, 2.75) is 6.92 Å². The fourth-order valence-electron chi connectivity index (χ4n) is 3.84. The fraction of sp³-hybridized carbons (Fsp3) is 0.0370. The van der Waals surface area contributed by atoms with Gasteiger partial charge in [0.15, 0.2) is 11.6 Å². The summed E-state index contributed by atoms with van der Waals surface area (Å²) in [6.07, 6.45) is 3.08. The predicted molar refractivity (Wildman–Crippen MR) is 148 cm³/mol. The number of benzene rings is 3. The molecular formula is C27H16Cl4N4O. The van der Waals surface area contributed by atoms with E-state index in [1.807, 2.05) is 37.3 Å². The van der Waals surface area contributed by atoms with Gasteiger partial charge in [-0.05, 0) is 37.3 Å². The lowest BCUT2D eigenvalue weighted by molar-refractivity contribution is -0.113. The monoisotopic (exact) mass is 552 g/mol. The maximum absolute atomic E-state index is 13.7. The molecule has 0 N–H and O–H groups in total. The molecule has 0 spiro atoms. The third kappa shape index (κ3) is 4.51. The van der Waals surface area contributed by atoms with Crippen LogP contribution in [0, 0.1) is 6.92 Å². The highest BCUT2D eigenvalue weighted by atomic mass is 35.5. The summed E-state index contributed by atoms with van der Waals surface area (Å²) in [6, 6.07) is 19.8. The lowest BCUT2D eigenvalue weighted by Crippen LogP contribution is -2.21. The van der Waals surface area contributed by atoms with Gasteiger partial charge in [-0.15, -0.1) is 0 Å². The zero-order valence-electron chi connectivity index (χ0n) is 18.7. The summed E-state index contributed by atoms with van der Waals surface area (Å²) in [6.45, 7) is 1.82. The van der Waals surface area contributed by atoms with Crippen molar-refractivity contribution in [3.63, 3.8) is 0 Å². The molecule has 1 aliphatic rings. The molecule has 1 amide bonds. The van der Waals surface area contributed by atoms with Gasteiger partial charge in [0, 0.05) is 26.7 Å². The van der Waals surface area contributed by atoms with Crippen molar-refractivity contribution in [2.75, 3.05) is 5.01 Å². The Morgan fingerprint density at radius 1 is 0.778 bits per heavy atom. The van der Waals surface area contributed by atoms with Gasteiger partial charge in [-0.1, -0.05) is 88.9 Å². The Morgan fingerprint density at radius 2 is 1.36 bits per heavy atom. The number of aromatic nitrogens is 2. The number of carbonyl (C=O) groups is 1. The minimum atomic E-state index is -0.414. The molecule has 0 saturated carbocycles. The summed E-state index contributed by atoms with van der Waals surface area (Å²) < 4.78 is 0. The second-order valence-electron chi connectivity index (χ2n) is 7.89. The molecule has 4 aromatic rings. The van der Waals surface area contributed by atoms with Crippen LogP contribution in [0.2, 0.25) is 20.1 Å². The van der Waals surface area contributed by atoms with Crippen molar-refractivity contribution in [3.8, 4) is 11.4 Å². The quantitative estimate of drug-likeness (QED) is 0.190. The van der Waals surface area contributed by atoms with Gasteiger partial charge in [-0.3, -0.25) is 4.79 Å². The molecule has 178 valence electrons. The molecular weight excluding hydrogens is 538 g/mol. The Labute approximate surface area is 227 Å². The van der Waals surface area contributed by atoms with Crippen LogP contribution in [0.4, 0.5) is 5.82 Å². The van der Waals surface area contributed by atoms with Crippen LogP contribution >= 0.6 is 46.4 Å². The first-order valence-electron chi connectivity index (χ1n) is 10.8. The lowest BCUT2D eigenvalue weighted by Gasteiger charge is -2.11. The third-order valence-corrected chi connectivity index (χ3v) is 6.90. The van der Waals surface area contributed by atoms with E-state index in [0.29, 0.717) is 59.7 Å². The van der Waals surface area contributed by atoms with Gasteiger partial charge < -0.3 is 0 Å². The lowest BCUT2D eigenvalue weighted by atomic mass is 10.0. The molecule has 0 fully saturated rings. The average Bonchev–Trinajstić information content (AvgIpc) is 3.12. The van der Waals surface area contributed by atoms with E-state index < -0.39 is 5.91 Å². The molecule has 0 aliphatic carbocycles. The first-order valence-corrected chi connectivity index (χ1v) is 12.3. The van der Waals surface area contributed by atoms with E-state index >= 15 is 0 Å². The number of hydrazone groups is 1. The Kier molecular flexibility index (Phi) is 6.82. The number of carbonyl (C=O) groups excluding carboxylic acids is 1. The van der Waals surface area contributed by atoms with Crippen molar-refractivity contribution >= 4 is 76.0 Å². The summed E-state index contributed by atoms with van der Waals surface area (Å²) in [4.78, 5) is 23.1. The Hall–Kier alpha value is -3.22. The van der Waals surface area contributed by atoms with Crippen LogP contribution in [0.3, 0.4) is 0 Å². The van der Waals surface area contributed by atoms with Gasteiger partial charge in [0.05, 0.1) is 33.1 Å². The first kappa shape index (κ1) is 24.5. The van der Waals surface area contributed by atoms with Gasteiger partial charge in [-0.2, -0.15) is 10.1 Å². The number of rotatable bonds is 4. The molecule has 1 aromatic heterocycles. The van der Waals surface area contributed by atoms with Crippen molar-refractivity contribution in [2.24, 2.45) is 5.10 Å². The zero-order chi connectivity index (χ0) is 25.4. The highest BCUT2D eigenvalue weighted by Crippen LogP contribution is 2.41. The van der Waals surface area contributed by atoms with Crippen molar-refractivity contribution in [1.29, 1.82) is 0 Å². The summed E-state index contributed by atoms with van der Waals surface area (Å²) in [5.74, 6) is 0.385. The molecule has 0 unspecified atom stereocenters. The molecule has 0 saturated heterocycles. The van der Waals surface area contributed by atoms with Crippen LogP contribution in [-0.2, 0) is 4.79 Å². The van der Waals surface area contributed by atoms with E-state index in [1.54, 1.807) is 42.5 Å². The maximum Gasteiger partial charge on any atom is 0.280 e. The summed E-state index contributed by atoms with van der Waals surface area (Å²) >= 11 is 25.4. The number of hydrogen-bond acceptors (Lipinski definition) is 4. The molecule has 0 atom stereocenters. The van der Waals surface area contributed by atoms with E-state index in [9.17, 15) is 4.79 Å². The fourth-order valence-corrected chi connectivity index (χ4v) is 4.84. The minimum absolute atomic E-state index is 0.319. The molecule has 9 heteroatoms. The number of aryl methyl sites for hydroxylation is 1. The molecule has 3 aromatic carbocycles. The van der Waals surface area contributed by atoms with E-state index in [0.717, 1.165) is 5.56 Å². The normalized spacial score (nSPS) is 14.2. The maximum atomic E-state index is 13.7. The number of nitrogens with zero attached hydrogens (tertiary/aromatic N) is 4. The van der Waals surface area contributed by atoms with Crippen LogP contribution in [0.5, 0.6) is 0 Å². The number of fused-ring (bicyclic) bond motifs is 1. The summed E-state index contributed by atoms with van der Waals surface area (Å²) in [5.41, 5.74) is 3.27. The van der Waals surface area contributed by atoms with Crippen LogP contribution in [0.25, 0.3) is 23.0 Å². The second kappa shape index (κ2) is 10.0. The predicted octanol–water partition coefficient (Wildman–Crippen LogP) is 7.99. The number of halogens is 4. The van der Waals surface area contributed by atoms with E-state index in [-0.39, 0.29) is 0 Å². The molecule has 5 nitrogen and oxygen atoms in total. The smallest absolute Gasteiger partial charge is 0.267 e. The summed E-state index contributed by atoms with van der Waals surface area (Å²) in [5, 5.41) is 7.29. The van der Waals surface area contributed by atoms with Crippen LogP contribution in [-0.4, -0.2) is 22.1 Å². The number of amides is 1. The van der Waals surface area contributed by atoms with Gasteiger partial charge in [0.1, 0.15) is 0 Å². The highest BCUT2D eigenvalue weighted by Gasteiger charge is 2.37. The largest absolute Gasteiger partial charge is 0.280 e. The van der Waals surface area contributed by atoms with Gasteiger partial charge in [-0.25, -0.2) is 9.97 Å². The van der Waals surface area contributed by atoms with Crippen LogP contribution in [0.15, 0.2) is 71.8 Å². The van der Waals surface area contributed by atoms with Gasteiger partial charge >= 0.3 is 0 Å². The third-order valence-electron chi connectivity index (χ3n) is 5.59. The van der Waals surface area contributed by atoms with Crippen LogP contribution in [0.1, 0.15) is 22.4 Å². The average molecular weight is 554 g/mol. The van der Waals surface area contributed by atoms with E-state index in [1.165, 1.54) is 11.2 Å². The van der Waals surface area contributed by atoms with Crippen molar-refractivity contribution in [3.05, 3.63) is 109 Å². The molecule has 1 aliphatic heterocycles. The molecule has 36 heavy (non-hydrogen) atoms. The molecule has 2 heterocycles. The molecule has 0 radical (unpaired) electrons. The Morgan fingerprint density at radius 3 is 1.97 bits per heavy atom. The minimum Gasteiger partial charge on any atom is -0.267 e. The summed E-state index contributed by atoms with van der Waals surface area (Å²) in [7, 11) is 0. The molecule has 5 rings (SSSR count). The van der Waals surface area contributed by atoms with Crippen molar-refractivity contribution < 1.29 is 4.79 Å². The number of hydrogen-bond donors (Lipinski definition) is 0. The zero-order valence-corrected chi connectivity index (χ0v) is 21.7. The van der Waals surface area contributed by atoms with Gasteiger partial charge in [0.2, 0.25) is 0 Å². The van der Waals surface area contributed by atoms with Gasteiger partial charge in [0.25, 0.3) is 5.91 Å². The Bertz CT molecular complexity index is 1530. The van der Waals surface area contributed by atoms with E-state index in [2.05, 4.69) is 10.1 Å². The highest BCUT2D eigenvalue weighted by molar-refractivity contribution is 6.41. The topological polar surface area (TPSA) is 58.5 Å². The second-order valence-corrected chi connectivity index (χ2v) is 9.52. The standard InChI is InChI=1S/C27H16Cl4N4O/c1-15-24-18(13-17-20(28)9-5-10-21(17)29)27(36)35(32-14-19-22(30)11-6-12-23(19)31)26(24)34-25(33-15)16-7-3-2-4-8-16/h2-14H,1H3/b18-13-,32-14+. The van der Waals surface area contributed by atoms with E-state index in [4.69, 9.17) is 51.4 Å². The first-order chi connectivity index (χ1) is 17.3. The Balaban J connectivity index is 1.71. The molecule has 0 bridgehead atoms.